The molecule has 202 valence electrons. The van der Waals surface area contributed by atoms with E-state index in [4.69, 9.17) is 9.47 Å². The van der Waals surface area contributed by atoms with Crippen LogP contribution in [0.4, 0.5) is 4.39 Å². The van der Waals surface area contributed by atoms with E-state index >= 15 is 0 Å². The van der Waals surface area contributed by atoms with E-state index in [1.807, 2.05) is 0 Å². The van der Waals surface area contributed by atoms with Crippen molar-refractivity contribution in [3.05, 3.63) is 35.5 Å². The van der Waals surface area contributed by atoms with Crippen LogP contribution in [0.25, 0.3) is 22.3 Å². The van der Waals surface area contributed by atoms with Crippen molar-refractivity contribution in [2.24, 2.45) is 5.92 Å². The van der Waals surface area contributed by atoms with Crippen molar-refractivity contribution in [2.75, 3.05) is 26.8 Å². The van der Waals surface area contributed by atoms with Gasteiger partial charge >= 0.3 is 0 Å². The van der Waals surface area contributed by atoms with Gasteiger partial charge in [-0.05, 0) is 38.2 Å². The number of likely N-dealkylation sites (tertiary alicyclic amines) is 1. The monoisotopic (exact) mass is 525 g/mol. The Balaban J connectivity index is 1.45. The molecule has 2 aromatic heterocycles. The number of H-pyrrole nitrogens is 1. The Labute approximate surface area is 219 Å². The van der Waals surface area contributed by atoms with Gasteiger partial charge < -0.3 is 29.8 Å². The van der Waals surface area contributed by atoms with Gasteiger partial charge in [0.1, 0.15) is 23.3 Å². The third-order valence-electron chi connectivity index (χ3n) is 7.23. The molecule has 38 heavy (non-hydrogen) atoms. The van der Waals surface area contributed by atoms with E-state index in [0.29, 0.717) is 71.2 Å². The standard InChI is InChI=1S/C27H32FN5O5/c1-4-22(35)33-8-7-18(19(34)11-33)32-27(36)23-14(2)31-26-24(29-13-30-25(23)26)16-9-17(28)21(37-3)10-20(16)38-12-15-5-6-15/h9-10,13,15,18-19,31,34H,4-8,11-12H2,1-3H3,(H,32,36)/t18-,19+/m1/s1. The van der Waals surface area contributed by atoms with Crippen LogP contribution in [0.1, 0.15) is 48.7 Å². The molecule has 2 amide bonds. The predicted octanol–water partition coefficient (Wildman–Crippen LogP) is 2.97. The number of amides is 2. The molecule has 0 bridgehead atoms. The highest BCUT2D eigenvalue weighted by Gasteiger charge is 2.32. The Morgan fingerprint density at radius 3 is 2.71 bits per heavy atom. The topological polar surface area (TPSA) is 130 Å². The summed E-state index contributed by atoms with van der Waals surface area (Å²) >= 11 is 0. The normalized spacial score (nSPS) is 19.4. The van der Waals surface area contributed by atoms with Crippen LogP contribution in [0.2, 0.25) is 0 Å². The quantitative estimate of drug-likeness (QED) is 0.412. The number of aromatic amines is 1. The first-order valence-corrected chi connectivity index (χ1v) is 12.9. The molecule has 0 spiro atoms. The van der Waals surface area contributed by atoms with Gasteiger partial charge in [0, 0.05) is 36.8 Å². The van der Waals surface area contributed by atoms with Gasteiger partial charge in [-0.15, -0.1) is 0 Å². The number of β-amino-alcohol motifs (C(OH)–C–C–N with tert-alkyl or cyclic N) is 1. The van der Waals surface area contributed by atoms with E-state index in [9.17, 15) is 19.1 Å². The molecule has 3 heterocycles. The average Bonchev–Trinajstić information content (AvgIpc) is 3.67. The third kappa shape index (κ3) is 5.02. The van der Waals surface area contributed by atoms with Crippen LogP contribution in [-0.2, 0) is 4.79 Å². The van der Waals surface area contributed by atoms with E-state index in [1.54, 1.807) is 18.7 Å². The first kappa shape index (κ1) is 25.9. The average molecular weight is 526 g/mol. The van der Waals surface area contributed by atoms with Crippen molar-refractivity contribution in [1.82, 2.24) is 25.2 Å². The second-order valence-corrected chi connectivity index (χ2v) is 9.94. The first-order chi connectivity index (χ1) is 18.3. The molecule has 0 unspecified atom stereocenters. The number of hydrogen-bond donors (Lipinski definition) is 3. The van der Waals surface area contributed by atoms with Gasteiger partial charge in [0.15, 0.2) is 11.6 Å². The zero-order valence-electron chi connectivity index (χ0n) is 21.7. The number of carbonyl (C=O) groups excluding carboxylic acids is 2. The van der Waals surface area contributed by atoms with Gasteiger partial charge in [-0.3, -0.25) is 9.59 Å². The van der Waals surface area contributed by atoms with E-state index in [2.05, 4.69) is 20.3 Å². The highest BCUT2D eigenvalue weighted by molar-refractivity contribution is 6.09. The highest BCUT2D eigenvalue weighted by atomic mass is 19.1. The summed E-state index contributed by atoms with van der Waals surface area (Å²) in [6.07, 6.45) is 3.45. The molecule has 1 saturated heterocycles. The number of rotatable bonds is 8. The Bertz CT molecular complexity index is 1370. The van der Waals surface area contributed by atoms with Crippen molar-refractivity contribution in [3.8, 4) is 22.8 Å². The lowest BCUT2D eigenvalue weighted by molar-refractivity contribution is -0.134. The fourth-order valence-corrected chi connectivity index (χ4v) is 4.88. The van der Waals surface area contributed by atoms with E-state index in [0.717, 1.165) is 12.8 Å². The first-order valence-electron chi connectivity index (χ1n) is 12.9. The van der Waals surface area contributed by atoms with Crippen LogP contribution in [-0.4, -0.2) is 75.7 Å². The molecule has 0 radical (unpaired) electrons. The van der Waals surface area contributed by atoms with Crippen LogP contribution in [0.15, 0.2) is 18.5 Å². The third-order valence-corrected chi connectivity index (χ3v) is 7.23. The molecule has 11 heteroatoms. The number of hydrogen-bond acceptors (Lipinski definition) is 7. The number of nitrogens with one attached hydrogen (secondary N) is 2. The smallest absolute Gasteiger partial charge is 0.255 e. The lowest BCUT2D eigenvalue weighted by Gasteiger charge is -2.36. The summed E-state index contributed by atoms with van der Waals surface area (Å²) in [5, 5.41) is 13.5. The molecule has 1 aliphatic carbocycles. The van der Waals surface area contributed by atoms with Gasteiger partial charge in [-0.1, -0.05) is 6.92 Å². The number of halogens is 1. The highest BCUT2D eigenvalue weighted by Crippen LogP contribution is 2.39. The van der Waals surface area contributed by atoms with Crippen molar-refractivity contribution in [3.63, 3.8) is 0 Å². The van der Waals surface area contributed by atoms with Crippen LogP contribution in [0.3, 0.4) is 0 Å². The van der Waals surface area contributed by atoms with E-state index < -0.39 is 23.9 Å². The molecule has 10 nitrogen and oxygen atoms in total. The summed E-state index contributed by atoms with van der Waals surface area (Å²) < 4.78 is 26.0. The molecule has 3 N–H and O–H groups in total. The largest absolute Gasteiger partial charge is 0.494 e. The van der Waals surface area contributed by atoms with Crippen molar-refractivity contribution >= 4 is 22.8 Å². The Morgan fingerprint density at radius 1 is 1.24 bits per heavy atom. The Hall–Kier alpha value is -3.73. The van der Waals surface area contributed by atoms with Gasteiger partial charge in [0.2, 0.25) is 5.91 Å². The lowest BCUT2D eigenvalue weighted by Crippen LogP contribution is -2.55. The number of methoxy groups -OCH3 is 1. The fourth-order valence-electron chi connectivity index (χ4n) is 4.88. The second-order valence-electron chi connectivity index (χ2n) is 9.94. The SMILES string of the molecule is CCC(=O)N1CC[C@@H](NC(=O)c2c(C)[nH]c3c(-c4cc(F)c(OC)cc4OCC4CC4)ncnc23)[C@@H](O)C1. The number of aromatic nitrogens is 3. The van der Waals surface area contributed by atoms with E-state index in [1.165, 1.54) is 25.6 Å². The summed E-state index contributed by atoms with van der Waals surface area (Å²) in [6.45, 7) is 4.67. The van der Waals surface area contributed by atoms with Gasteiger partial charge in [0.05, 0.1) is 36.9 Å². The summed E-state index contributed by atoms with van der Waals surface area (Å²) in [7, 11) is 1.40. The summed E-state index contributed by atoms with van der Waals surface area (Å²) in [5.74, 6) is -0.00151. The minimum atomic E-state index is -0.882. The fraction of sp³-hybridized carbons (Fsp3) is 0.481. The molecular weight excluding hydrogens is 493 g/mol. The van der Waals surface area contributed by atoms with Crippen LogP contribution < -0.4 is 14.8 Å². The summed E-state index contributed by atoms with van der Waals surface area (Å²) in [4.78, 5) is 39.0. The molecule has 3 aromatic rings. The molecule has 1 aromatic carbocycles. The summed E-state index contributed by atoms with van der Waals surface area (Å²) in [5.41, 5.74) is 2.55. The maximum absolute atomic E-state index is 14.8. The number of aliphatic hydroxyl groups excluding tert-OH is 1. The predicted molar refractivity (Wildman–Crippen MR) is 138 cm³/mol. The molecule has 2 fully saturated rings. The number of nitrogens with zero attached hydrogens (tertiary/aromatic N) is 3. The molecule has 1 aliphatic heterocycles. The van der Waals surface area contributed by atoms with Gasteiger partial charge in [-0.2, -0.15) is 0 Å². The number of carbonyl (C=O) groups is 2. The Kier molecular flexibility index (Phi) is 7.20. The Morgan fingerprint density at radius 2 is 2.03 bits per heavy atom. The second kappa shape index (κ2) is 10.6. The number of aryl methyl sites for hydroxylation is 1. The minimum absolute atomic E-state index is 0.0269. The molecule has 5 rings (SSSR count). The van der Waals surface area contributed by atoms with E-state index in [-0.39, 0.29) is 18.2 Å². The number of piperidine rings is 1. The van der Waals surface area contributed by atoms with Crippen LogP contribution >= 0.6 is 0 Å². The molecule has 2 atom stereocenters. The maximum atomic E-state index is 14.8. The molecular formula is C27H32FN5O5. The van der Waals surface area contributed by atoms with Crippen LogP contribution in [0.5, 0.6) is 11.5 Å². The number of fused-ring (bicyclic) bond motifs is 1. The minimum Gasteiger partial charge on any atom is -0.494 e. The molecule has 2 aliphatic rings. The van der Waals surface area contributed by atoms with Crippen LogP contribution in [0, 0.1) is 18.7 Å². The van der Waals surface area contributed by atoms with Gasteiger partial charge in [0.25, 0.3) is 5.91 Å². The number of benzene rings is 1. The number of aliphatic hydroxyl groups is 1. The van der Waals surface area contributed by atoms with Gasteiger partial charge in [-0.25, -0.2) is 14.4 Å². The number of ether oxygens (including phenoxy) is 2. The van der Waals surface area contributed by atoms with Crippen molar-refractivity contribution < 1.29 is 28.6 Å². The zero-order valence-corrected chi connectivity index (χ0v) is 21.7. The lowest BCUT2D eigenvalue weighted by atomic mass is 10.0. The van der Waals surface area contributed by atoms with Crippen molar-refractivity contribution in [1.29, 1.82) is 0 Å². The van der Waals surface area contributed by atoms with Crippen molar-refractivity contribution in [2.45, 2.75) is 51.7 Å². The zero-order chi connectivity index (χ0) is 27.0. The molecule has 1 saturated carbocycles. The maximum Gasteiger partial charge on any atom is 0.255 e. The summed E-state index contributed by atoms with van der Waals surface area (Å²) in [6, 6.07) is 2.33.